The Hall–Kier alpha value is -0.830. The number of rotatable bonds is 7. The van der Waals surface area contributed by atoms with Crippen LogP contribution in [0.3, 0.4) is 0 Å². The Kier molecular flexibility index (Phi) is 6.16. The Labute approximate surface area is 103 Å². The summed E-state index contributed by atoms with van der Waals surface area (Å²) in [5, 5.41) is 3.25. The van der Waals surface area contributed by atoms with E-state index in [1.807, 2.05) is 19.9 Å². The van der Waals surface area contributed by atoms with Gasteiger partial charge in [0.2, 0.25) is 5.95 Å². The number of halogens is 1. The molecular weight excluding hydrogens is 222 g/mol. The lowest BCUT2D eigenvalue weighted by atomic mass is 10.2. The molecule has 0 amide bonds. The van der Waals surface area contributed by atoms with Crippen molar-refractivity contribution in [3.8, 4) is 0 Å². The fourth-order valence-corrected chi connectivity index (χ4v) is 1.77. The molecule has 0 radical (unpaired) electrons. The molecule has 16 heavy (non-hydrogen) atoms. The topological polar surface area (TPSA) is 37.8 Å². The van der Waals surface area contributed by atoms with Gasteiger partial charge in [0.15, 0.2) is 0 Å². The lowest BCUT2D eigenvalue weighted by molar-refractivity contribution is 0.685. The van der Waals surface area contributed by atoms with Crippen molar-refractivity contribution in [2.45, 2.75) is 39.5 Å². The molecule has 1 heterocycles. The van der Waals surface area contributed by atoms with E-state index in [4.69, 9.17) is 11.6 Å². The lowest BCUT2D eigenvalue weighted by Crippen LogP contribution is -2.06. The summed E-state index contributed by atoms with van der Waals surface area (Å²) in [6.07, 6.45) is 4.68. The molecule has 3 nitrogen and oxygen atoms in total. The molecule has 0 aliphatic carbocycles. The number of anilines is 1. The first-order valence-electron chi connectivity index (χ1n) is 5.84. The molecule has 90 valence electrons. The maximum absolute atomic E-state index is 5.61. The molecule has 4 heteroatoms. The highest BCUT2D eigenvalue weighted by Gasteiger charge is 1.98. The van der Waals surface area contributed by atoms with Crippen LogP contribution < -0.4 is 5.32 Å². The van der Waals surface area contributed by atoms with Crippen LogP contribution in [0, 0.1) is 13.8 Å². The van der Waals surface area contributed by atoms with Crippen LogP contribution in [0.4, 0.5) is 5.95 Å². The molecule has 1 N–H and O–H groups in total. The molecule has 0 atom stereocenters. The minimum atomic E-state index is 0.745. The molecule has 0 fully saturated rings. The molecule has 0 saturated heterocycles. The van der Waals surface area contributed by atoms with Gasteiger partial charge in [0.25, 0.3) is 0 Å². The van der Waals surface area contributed by atoms with E-state index in [1.54, 1.807) is 0 Å². The van der Waals surface area contributed by atoms with Crippen LogP contribution in [0.25, 0.3) is 0 Å². The Bertz CT molecular complexity index is 295. The van der Waals surface area contributed by atoms with Crippen molar-refractivity contribution in [2.75, 3.05) is 17.7 Å². The SMILES string of the molecule is Cc1cc(C)nc(NCCCCCCCl)n1. The number of alkyl halides is 1. The molecule has 0 spiro atoms. The number of nitrogens with zero attached hydrogens (tertiary/aromatic N) is 2. The number of aromatic nitrogens is 2. The Morgan fingerprint density at radius 2 is 1.69 bits per heavy atom. The van der Waals surface area contributed by atoms with Crippen LogP contribution in [0.2, 0.25) is 0 Å². The third-order valence-electron chi connectivity index (χ3n) is 2.33. The third kappa shape index (κ3) is 5.31. The minimum Gasteiger partial charge on any atom is -0.354 e. The summed E-state index contributed by atoms with van der Waals surface area (Å²) in [6, 6.07) is 1.98. The zero-order valence-corrected chi connectivity index (χ0v) is 10.8. The van der Waals surface area contributed by atoms with Gasteiger partial charge in [-0.1, -0.05) is 12.8 Å². The van der Waals surface area contributed by atoms with Gasteiger partial charge in [-0.15, -0.1) is 11.6 Å². The summed E-state index contributed by atoms with van der Waals surface area (Å²) in [5.41, 5.74) is 2.02. The van der Waals surface area contributed by atoms with E-state index in [1.165, 1.54) is 12.8 Å². The van der Waals surface area contributed by atoms with Gasteiger partial charge in [0, 0.05) is 23.8 Å². The van der Waals surface area contributed by atoms with Crippen molar-refractivity contribution in [3.05, 3.63) is 17.5 Å². The highest BCUT2D eigenvalue weighted by Crippen LogP contribution is 2.05. The summed E-state index contributed by atoms with van der Waals surface area (Å²) in [7, 11) is 0. The molecule has 0 unspecified atom stereocenters. The van der Waals surface area contributed by atoms with Crippen LogP contribution in [0.15, 0.2) is 6.07 Å². The van der Waals surface area contributed by atoms with E-state index in [2.05, 4.69) is 15.3 Å². The van der Waals surface area contributed by atoms with Crippen molar-refractivity contribution in [1.82, 2.24) is 9.97 Å². The standard InChI is InChI=1S/C12H20ClN3/c1-10-9-11(2)16-12(15-10)14-8-6-4-3-5-7-13/h9H,3-8H2,1-2H3,(H,14,15,16). The summed E-state index contributed by atoms with van der Waals surface area (Å²) in [5.74, 6) is 1.52. The van der Waals surface area contributed by atoms with Crippen LogP contribution in [-0.2, 0) is 0 Å². The van der Waals surface area contributed by atoms with E-state index in [-0.39, 0.29) is 0 Å². The minimum absolute atomic E-state index is 0.745. The number of hydrogen-bond donors (Lipinski definition) is 1. The van der Waals surface area contributed by atoms with Crippen molar-refractivity contribution >= 4 is 17.5 Å². The first kappa shape index (κ1) is 13.2. The van der Waals surface area contributed by atoms with E-state index in [9.17, 15) is 0 Å². The second-order valence-electron chi connectivity index (χ2n) is 4.00. The third-order valence-corrected chi connectivity index (χ3v) is 2.59. The number of nitrogens with one attached hydrogen (secondary N) is 1. The lowest BCUT2D eigenvalue weighted by Gasteiger charge is -2.06. The summed E-state index contributed by atoms with van der Waals surface area (Å²) in [4.78, 5) is 8.65. The fourth-order valence-electron chi connectivity index (χ4n) is 1.58. The molecule has 0 aliphatic heterocycles. The van der Waals surface area contributed by atoms with Crippen LogP contribution >= 0.6 is 11.6 Å². The quantitative estimate of drug-likeness (QED) is 0.588. The maximum atomic E-state index is 5.61. The summed E-state index contributed by atoms with van der Waals surface area (Å²) in [6.45, 7) is 4.91. The summed E-state index contributed by atoms with van der Waals surface area (Å²) < 4.78 is 0. The summed E-state index contributed by atoms with van der Waals surface area (Å²) >= 11 is 5.61. The Morgan fingerprint density at radius 1 is 1.06 bits per heavy atom. The van der Waals surface area contributed by atoms with Crippen molar-refractivity contribution in [3.63, 3.8) is 0 Å². The first-order valence-corrected chi connectivity index (χ1v) is 6.38. The normalized spacial score (nSPS) is 10.4. The number of hydrogen-bond acceptors (Lipinski definition) is 3. The first-order chi connectivity index (χ1) is 7.72. The van der Waals surface area contributed by atoms with Gasteiger partial charge in [-0.2, -0.15) is 0 Å². The molecule has 0 aliphatic rings. The fraction of sp³-hybridized carbons (Fsp3) is 0.667. The van der Waals surface area contributed by atoms with E-state index < -0.39 is 0 Å². The predicted molar refractivity (Wildman–Crippen MR) is 69.2 cm³/mol. The highest BCUT2D eigenvalue weighted by molar-refractivity contribution is 6.17. The monoisotopic (exact) mass is 241 g/mol. The average molecular weight is 242 g/mol. The maximum Gasteiger partial charge on any atom is 0.223 e. The van der Waals surface area contributed by atoms with Gasteiger partial charge in [-0.3, -0.25) is 0 Å². The number of unbranched alkanes of at least 4 members (excludes halogenated alkanes) is 3. The number of aryl methyl sites for hydroxylation is 2. The largest absolute Gasteiger partial charge is 0.354 e. The van der Waals surface area contributed by atoms with Gasteiger partial charge < -0.3 is 5.32 Å². The van der Waals surface area contributed by atoms with Crippen LogP contribution in [0.5, 0.6) is 0 Å². The Morgan fingerprint density at radius 3 is 2.31 bits per heavy atom. The van der Waals surface area contributed by atoms with Gasteiger partial charge in [-0.05, 0) is 32.8 Å². The zero-order valence-electron chi connectivity index (χ0n) is 10.1. The average Bonchev–Trinajstić information content (AvgIpc) is 2.22. The molecule has 0 aromatic carbocycles. The second kappa shape index (κ2) is 7.44. The smallest absolute Gasteiger partial charge is 0.223 e. The van der Waals surface area contributed by atoms with Gasteiger partial charge in [0.1, 0.15) is 0 Å². The van der Waals surface area contributed by atoms with E-state index in [0.29, 0.717) is 0 Å². The van der Waals surface area contributed by atoms with Gasteiger partial charge in [-0.25, -0.2) is 9.97 Å². The zero-order chi connectivity index (χ0) is 11.8. The predicted octanol–water partition coefficient (Wildman–Crippen LogP) is 3.30. The van der Waals surface area contributed by atoms with Gasteiger partial charge in [0.05, 0.1) is 0 Å². The highest BCUT2D eigenvalue weighted by atomic mass is 35.5. The van der Waals surface area contributed by atoms with Crippen molar-refractivity contribution < 1.29 is 0 Å². The molecule has 1 aromatic rings. The van der Waals surface area contributed by atoms with E-state index in [0.717, 1.165) is 42.6 Å². The molecule has 0 bridgehead atoms. The van der Waals surface area contributed by atoms with Gasteiger partial charge >= 0.3 is 0 Å². The van der Waals surface area contributed by atoms with E-state index >= 15 is 0 Å². The van der Waals surface area contributed by atoms with Crippen molar-refractivity contribution in [1.29, 1.82) is 0 Å². The Balaban J connectivity index is 2.21. The van der Waals surface area contributed by atoms with Crippen LogP contribution in [0.1, 0.15) is 37.1 Å². The second-order valence-corrected chi connectivity index (χ2v) is 4.38. The van der Waals surface area contributed by atoms with Crippen molar-refractivity contribution in [2.24, 2.45) is 0 Å². The molecule has 1 rings (SSSR count). The molecule has 0 saturated carbocycles. The molecular formula is C12H20ClN3. The van der Waals surface area contributed by atoms with Crippen LogP contribution in [-0.4, -0.2) is 22.4 Å². The molecule has 1 aromatic heterocycles.